The van der Waals surface area contributed by atoms with Crippen molar-refractivity contribution in [2.75, 3.05) is 6.54 Å². The predicted octanol–water partition coefficient (Wildman–Crippen LogP) is 2.93. The van der Waals surface area contributed by atoms with E-state index < -0.39 is 16.1 Å². The summed E-state index contributed by atoms with van der Waals surface area (Å²) in [6.07, 6.45) is 2.88. The smallest absolute Gasteiger partial charge is 0.240 e. The van der Waals surface area contributed by atoms with Crippen LogP contribution in [0.15, 0.2) is 71.9 Å². The number of hydrogen-bond acceptors (Lipinski definition) is 4. The van der Waals surface area contributed by atoms with E-state index in [2.05, 4.69) is 9.82 Å². The van der Waals surface area contributed by atoms with Crippen molar-refractivity contribution in [2.24, 2.45) is 0 Å². The molecule has 1 heterocycles. The summed E-state index contributed by atoms with van der Waals surface area (Å²) in [5.41, 5.74) is 1.42. The molecular formula is C18H18ClN3O3S. The van der Waals surface area contributed by atoms with Gasteiger partial charge in [-0.15, -0.1) is 0 Å². The summed E-state index contributed by atoms with van der Waals surface area (Å²) in [7, 11) is -3.65. The van der Waals surface area contributed by atoms with Crippen LogP contribution in [0.25, 0.3) is 5.69 Å². The molecule has 8 heteroatoms. The second kappa shape index (κ2) is 8.01. The molecule has 0 aliphatic rings. The number of benzene rings is 2. The minimum absolute atomic E-state index is 0.108. The Morgan fingerprint density at radius 2 is 1.92 bits per heavy atom. The van der Waals surface area contributed by atoms with Crippen LogP contribution in [0.5, 0.6) is 0 Å². The normalized spacial score (nSPS) is 12.8. The average molecular weight is 392 g/mol. The van der Waals surface area contributed by atoms with Gasteiger partial charge in [0.2, 0.25) is 10.0 Å². The van der Waals surface area contributed by atoms with Crippen molar-refractivity contribution in [3.63, 3.8) is 0 Å². The molecule has 0 fully saturated rings. The van der Waals surface area contributed by atoms with Crippen LogP contribution in [0.1, 0.15) is 18.1 Å². The highest BCUT2D eigenvalue weighted by Crippen LogP contribution is 2.20. The summed E-state index contributed by atoms with van der Waals surface area (Å²) in [6.45, 7) is 0.108. The van der Waals surface area contributed by atoms with Gasteiger partial charge in [-0.1, -0.05) is 23.7 Å². The van der Waals surface area contributed by atoms with Crippen molar-refractivity contribution in [3.8, 4) is 5.69 Å². The van der Waals surface area contributed by atoms with E-state index >= 15 is 0 Å². The number of hydrogen-bond donors (Lipinski definition) is 2. The molecule has 136 valence electrons. The Morgan fingerprint density at radius 3 is 2.58 bits per heavy atom. The number of rotatable bonds is 7. The van der Waals surface area contributed by atoms with Gasteiger partial charge in [0.1, 0.15) is 0 Å². The van der Waals surface area contributed by atoms with E-state index in [0.717, 1.165) is 5.69 Å². The maximum Gasteiger partial charge on any atom is 0.240 e. The number of aliphatic hydroxyl groups is 1. The number of halogens is 1. The zero-order chi connectivity index (χ0) is 18.6. The molecule has 0 unspecified atom stereocenters. The van der Waals surface area contributed by atoms with Gasteiger partial charge < -0.3 is 5.11 Å². The van der Waals surface area contributed by atoms with Crippen LogP contribution in [0.4, 0.5) is 0 Å². The predicted molar refractivity (Wildman–Crippen MR) is 99.8 cm³/mol. The van der Waals surface area contributed by atoms with E-state index in [-0.39, 0.29) is 17.9 Å². The van der Waals surface area contributed by atoms with E-state index in [9.17, 15) is 13.5 Å². The minimum atomic E-state index is -3.65. The SMILES string of the molecule is O=S(=O)(NCC[C@H](O)c1cccc(Cl)c1)c1ccc(-n2cccn2)cc1. The maximum atomic E-state index is 12.4. The zero-order valence-corrected chi connectivity index (χ0v) is 15.4. The number of aromatic nitrogens is 2. The van der Waals surface area contributed by atoms with Crippen LogP contribution in [-0.2, 0) is 10.0 Å². The van der Waals surface area contributed by atoms with Gasteiger partial charge in [-0.05, 0) is 54.4 Å². The van der Waals surface area contributed by atoms with Crippen LogP contribution in [-0.4, -0.2) is 29.8 Å². The molecule has 0 aliphatic heterocycles. The van der Waals surface area contributed by atoms with Crippen LogP contribution >= 0.6 is 11.6 Å². The molecule has 0 spiro atoms. The molecule has 1 atom stereocenters. The molecule has 2 N–H and O–H groups in total. The topological polar surface area (TPSA) is 84.2 Å². The largest absolute Gasteiger partial charge is 0.388 e. The summed E-state index contributed by atoms with van der Waals surface area (Å²) in [5.74, 6) is 0. The number of aliphatic hydroxyl groups excluding tert-OH is 1. The molecule has 0 saturated carbocycles. The van der Waals surface area contributed by atoms with Gasteiger partial charge >= 0.3 is 0 Å². The van der Waals surface area contributed by atoms with E-state index in [0.29, 0.717) is 10.6 Å². The number of nitrogens with zero attached hydrogens (tertiary/aromatic N) is 2. The van der Waals surface area contributed by atoms with Crippen molar-refractivity contribution in [1.82, 2.24) is 14.5 Å². The third-order valence-electron chi connectivity index (χ3n) is 3.86. The molecular weight excluding hydrogens is 374 g/mol. The lowest BCUT2D eigenvalue weighted by Crippen LogP contribution is -2.26. The molecule has 0 bridgehead atoms. The summed E-state index contributed by atoms with van der Waals surface area (Å²) < 4.78 is 28.9. The van der Waals surface area contributed by atoms with E-state index in [1.165, 1.54) is 12.1 Å². The van der Waals surface area contributed by atoms with Crippen molar-refractivity contribution in [1.29, 1.82) is 0 Å². The fraction of sp³-hybridized carbons (Fsp3) is 0.167. The third kappa shape index (κ3) is 4.50. The maximum absolute atomic E-state index is 12.4. The fourth-order valence-corrected chi connectivity index (χ4v) is 3.74. The minimum Gasteiger partial charge on any atom is -0.388 e. The van der Waals surface area contributed by atoms with Gasteiger partial charge in [0.05, 0.1) is 16.7 Å². The van der Waals surface area contributed by atoms with Crippen LogP contribution < -0.4 is 4.72 Å². The Kier molecular flexibility index (Phi) is 5.73. The molecule has 0 amide bonds. The highest BCUT2D eigenvalue weighted by molar-refractivity contribution is 7.89. The molecule has 6 nitrogen and oxygen atoms in total. The second-order valence-corrected chi connectivity index (χ2v) is 7.91. The Bertz CT molecular complexity index is 958. The highest BCUT2D eigenvalue weighted by atomic mass is 35.5. The molecule has 0 radical (unpaired) electrons. The quantitative estimate of drug-likeness (QED) is 0.648. The van der Waals surface area contributed by atoms with Gasteiger partial charge in [0.15, 0.2) is 0 Å². The number of nitrogens with one attached hydrogen (secondary N) is 1. The lowest BCUT2D eigenvalue weighted by molar-refractivity contribution is 0.169. The Hall–Kier alpha value is -2.19. The van der Waals surface area contributed by atoms with Crippen LogP contribution in [0, 0.1) is 0 Å². The zero-order valence-electron chi connectivity index (χ0n) is 13.8. The van der Waals surface area contributed by atoms with Crippen molar-refractivity contribution in [3.05, 3.63) is 77.6 Å². The Morgan fingerprint density at radius 1 is 1.15 bits per heavy atom. The highest BCUT2D eigenvalue weighted by Gasteiger charge is 2.15. The first-order chi connectivity index (χ1) is 12.5. The Labute approximate surface area is 157 Å². The first-order valence-electron chi connectivity index (χ1n) is 7.99. The third-order valence-corrected chi connectivity index (χ3v) is 5.57. The lowest BCUT2D eigenvalue weighted by atomic mass is 10.1. The van der Waals surface area contributed by atoms with Crippen LogP contribution in [0.3, 0.4) is 0 Å². The monoisotopic (exact) mass is 391 g/mol. The first kappa shape index (κ1) is 18.6. The summed E-state index contributed by atoms with van der Waals surface area (Å²) >= 11 is 5.90. The van der Waals surface area contributed by atoms with Crippen molar-refractivity contribution in [2.45, 2.75) is 17.4 Å². The number of sulfonamides is 1. The van der Waals surface area contributed by atoms with Gasteiger partial charge in [0.25, 0.3) is 0 Å². The molecule has 3 aromatic rings. The van der Waals surface area contributed by atoms with E-state index in [1.807, 2.05) is 0 Å². The van der Waals surface area contributed by atoms with Crippen molar-refractivity contribution < 1.29 is 13.5 Å². The summed E-state index contributed by atoms with van der Waals surface area (Å²) in [5, 5.41) is 14.8. The Balaban J connectivity index is 1.60. The molecule has 0 saturated heterocycles. The van der Waals surface area contributed by atoms with Gasteiger partial charge in [0, 0.05) is 24.0 Å². The fourth-order valence-electron chi connectivity index (χ4n) is 2.49. The molecule has 2 aromatic carbocycles. The summed E-state index contributed by atoms with van der Waals surface area (Å²) in [4.78, 5) is 0.158. The standard InChI is InChI=1S/C18H18ClN3O3S/c19-15-4-1-3-14(13-15)18(23)9-11-21-26(24,25)17-7-5-16(6-8-17)22-12-2-10-20-22/h1-8,10,12-13,18,21,23H,9,11H2/t18-/m0/s1. The second-order valence-electron chi connectivity index (χ2n) is 5.70. The lowest BCUT2D eigenvalue weighted by Gasteiger charge is -2.12. The van der Waals surface area contributed by atoms with Gasteiger partial charge in [-0.3, -0.25) is 0 Å². The van der Waals surface area contributed by atoms with E-state index in [1.54, 1.807) is 59.5 Å². The van der Waals surface area contributed by atoms with E-state index in [4.69, 9.17) is 11.6 Å². The molecule has 1 aromatic heterocycles. The average Bonchev–Trinajstić information content (AvgIpc) is 3.16. The van der Waals surface area contributed by atoms with Crippen LogP contribution in [0.2, 0.25) is 5.02 Å². The van der Waals surface area contributed by atoms with Crippen molar-refractivity contribution >= 4 is 21.6 Å². The first-order valence-corrected chi connectivity index (χ1v) is 9.85. The molecule has 3 rings (SSSR count). The van der Waals surface area contributed by atoms with Gasteiger partial charge in [-0.2, -0.15) is 5.10 Å². The van der Waals surface area contributed by atoms with Gasteiger partial charge in [-0.25, -0.2) is 17.8 Å². The molecule has 0 aliphatic carbocycles. The molecule has 26 heavy (non-hydrogen) atoms. The summed E-state index contributed by atoms with van der Waals surface area (Å²) in [6, 6.07) is 15.1.